The second-order valence-electron chi connectivity index (χ2n) is 3.36. The first-order chi connectivity index (χ1) is 7.69. The molecule has 0 N–H and O–H groups in total. The van der Waals surface area contributed by atoms with Crippen molar-refractivity contribution >= 4 is 21.6 Å². The summed E-state index contributed by atoms with van der Waals surface area (Å²) in [5.74, 6) is 0. The van der Waals surface area contributed by atoms with E-state index >= 15 is 0 Å². The van der Waals surface area contributed by atoms with Gasteiger partial charge >= 0.3 is 0 Å². The Labute approximate surface area is 97.5 Å². The molecule has 0 saturated carbocycles. The van der Waals surface area contributed by atoms with E-state index in [1.807, 2.05) is 6.07 Å². The lowest BCUT2D eigenvalue weighted by atomic mass is 10.4. The SMILES string of the molecule is O=S1(=O)c2ccccc2Sc2ncccc21. The van der Waals surface area contributed by atoms with Crippen molar-refractivity contribution in [3.8, 4) is 0 Å². The second-order valence-corrected chi connectivity index (χ2v) is 6.28. The van der Waals surface area contributed by atoms with E-state index in [2.05, 4.69) is 4.98 Å². The molecule has 0 radical (unpaired) electrons. The van der Waals surface area contributed by atoms with Crippen LogP contribution in [-0.4, -0.2) is 13.4 Å². The van der Waals surface area contributed by atoms with Crippen molar-refractivity contribution in [2.45, 2.75) is 19.7 Å². The standard InChI is InChI=1S/C11H7NO2S2/c13-16(14)9-5-2-1-4-8(9)15-11-10(16)6-3-7-12-11/h1-7H. The fourth-order valence-corrected chi connectivity index (χ4v) is 4.72. The van der Waals surface area contributed by atoms with Gasteiger partial charge in [0, 0.05) is 11.1 Å². The van der Waals surface area contributed by atoms with E-state index in [9.17, 15) is 8.42 Å². The molecule has 1 aromatic carbocycles. The number of hydrogen-bond donors (Lipinski definition) is 0. The molecule has 1 aliphatic heterocycles. The van der Waals surface area contributed by atoms with Gasteiger partial charge in [0.2, 0.25) is 9.84 Å². The van der Waals surface area contributed by atoms with Crippen LogP contribution in [0.15, 0.2) is 62.3 Å². The molecule has 1 aromatic heterocycles. The minimum absolute atomic E-state index is 0.304. The molecular formula is C11H7NO2S2. The summed E-state index contributed by atoms with van der Waals surface area (Å²) in [6.07, 6.45) is 1.61. The molecule has 0 unspecified atom stereocenters. The predicted octanol–water partition coefficient (Wildman–Crippen LogP) is 2.38. The summed E-state index contributed by atoms with van der Waals surface area (Å²) in [5, 5.41) is 0.557. The minimum Gasteiger partial charge on any atom is -0.248 e. The van der Waals surface area contributed by atoms with Crippen LogP contribution in [0.25, 0.3) is 0 Å². The van der Waals surface area contributed by atoms with E-state index in [1.54, 1.807) is 36.5 Å². The van der Waals surface area contributed by atoms with Gasteiger partial charge in [0.15, 0.2) is 0 Å². The molecule has 0 spiro atoms. The molecule has 3 nitrogen and oxygen atoms in total. The summed E-state index contributed by atoms with van der Waals surface area (Å²) in [6, 6.07) is 10.2. The fraction of sp³-hybridized carbons (Fsp3) is 0. The largest absolute Gasteiger partial charge is 0.248 e. The van der Waals surface area contributed by atoms with Crippen LogP contribution < -0.4 is 0 Å². The van der Waals surface area contributed by atoms with Gasteiger partial charge in [-0.2, -0.15) is 0 Å². The molecule has 3 rings (SSSR count). The van der Waals surface area contributed by atoms with Crippen LogP contribution in [0.5, 0.6) is 0 Å². The van der Waals surface area contributed by atoms with Gasteiger partial charge in [-0.1, -0.05) is 23.9 Å². The first-order valence-electron chi connectivity index (χ1n) is 4.66. The zero-order valence-corrected chi connectivity index (χ0v) is 9.75. The summed E-state index contributed by atoms with van der Waals surface area (Å²) in [5.41, 5.74) is 0. The quantitative estimate of drug-likeness (QED) is 0.613. The molecule has 0 fully saturated rings. The number of sulfone groups is 1. The van der Waals surface area contributed by atoms with E-state index in [0.29, 0.717) is 14.8 Å². The van der Waals surface area contributed by atoms with E-state index in [-0.39, 0.29) is 0 Å². The van der Waals surface area contributed by atoms with Crippen molar-refractivity contribution in [1.29, 1.82) is 0 Å². The van der Waals surface area contributed by atoms with E-state index in [0.717, 1.165) is 4.90 Å². The van der Waals surface area contributed by atoms with Crippen molar-refractivity contribution in [1.82, 2.24) is 4.98 Å². The topological polar surface area (TPSA) is 47.0 Å². The molecule has 0 saturated heterocycles. The molecular weight excluding hydrogens is 242 g/mol. The zero-order chi connectivity index (χ0) is 11.2. The molecule has 16 heavy (non-hydrogen) atoms. The smallest absolute Gasteiger partial charge is 0.210 e. The Hall–Kier alpha value is -1.33. The Morgan fingerprint density at radius 3 is 2.62 bits per heavy atom. The molecule has 80 valence electrons. The zero-order valence-electron chi connectivity index (χ0n) is 8.12. The van der Waals surface area contributed by atoms with Gasteiger partial charge in [-0.25, -0.2) is 13.4 Å². The maximum absolute atomic E-state index is 12.2. The highest BCUT2D eigenvalue weighted by atomic mass is 32.2. The van der Waals surface area contributed by atoms with Crippen molar-refractivity contribution in [3.63, 3.8) is 0 Å². The first-order valence-corrected chi connectivity index (χ1v) is 6.96. The van der Waals surface area contributed by atoms with Crippen LogP contribution in [-0.2, 0) is 9.84 Å². The van der Waals surface area contributed by atoms with Gasteiger partial charge in [0.25, 0.3) is 0 Å². The van der Waals surface area contributed by atoms with Gasteiger partial charge < -0.3 is 0 Å². The van der Waals surface area contributed by atoms with Crippen LogP contribution >= 0.6 is 11.8 Å². The Bertz CT molecular complexity index is 614. The normalized spacial score (nSPS) is 16.2. The van der Waals surface area contributed by atoms with E-state index in [1.165, 1.54) is 11.8 Å². The summed E-state index contributed by atoms with van der Waals surface area (Å²) >= 11 is 1.39. The van der Waals surface area contributed by atoms with E-state index in [4.69, 9.17) is 0 Å². The third-order valence-corrected chi connectivity index (χ3v) is 5.57. The number of fused-ring (bicyclic) bond motifs is 2. The number of aromatic nitrogens is 1. The molecule has 0 amide bonds. The Morgan fingerprint density at radius 2 is 1.75 bits per heavy atom. The number of nitrogens with zero attached hydrogens (tertiary/aromatic N) is 1. The van der Waals surface area contributed by atoms with Crippen LogP contribution in [0.1, 0.15) is 0 Å². The number of rotatable bonds is 0. The monoisotopic (exact) mass is 249 g/mol. The summed E-state index contributed by atoms with van der Waals surface area (Å²) < 4.78 is 24.5. The molecule has 0 aliphatic carbocycles. The lowest BCUT2D eigenvalue weighted by Gasteiger charge is -2.17. The fourth-order valence-electron chi connectivity index (χ4n) is 1.64. The minimum atomic E-state index is -3.38. The maximum atomic E-state index is 12.2. The number of pyridine rings is 1. The van der Waals surface area contributed by atoms with E-state index < -0.39 is 9.84 Å². The van der Waals surface area contributed by atoms with Gasteiger partial charge in [-0.15, -0.1) is 0 Å². The average Bonchev–Trinajstić information content (AvgIpc) is 2.29. The molecule has 2 aromatic rings. The Kier molecular flexibility index (Phi) is 2.05. The van der Waals surface area contributed by atoms with Crippen molar-refractivity contribution in [2.75, 3.05) is 0 Å². The number of benzene rings is 1. The average molecular weight is 249 g/mol. The summed E-state index contributed by atoms with van der Waals surface area (Å²) in [7, 11) is -3.38. The third-order valence-electron chi connectivity index (χ3n) is 2.37. The Morgan fingerprint density at radius 1 is 1.00 bits per heavy atom. The lowest BCUT2D eigenvalue weighted by molar-refractivity contribution is 0.589. The van der Waals surface area contributed by atoms with Crippen LogP contribution in [0, 0.1) is 0 Å². The van der Waals surface area contributed by atoms with Crippen molar-refractivity contribution < 1.29 is 8.42 Å². The third kappa shape index (κ3) is 1.28. The molecule has 5 heteroatoms. The van der Waals surface area contributed by atoms with Crippen LogP contribution in [0.4, 0.5) is 0 Å². The molecule has 2 heterocycles. The van der Waals surface area contributed by atoms with Crippen molar-refractivity contribution in [3.05, 3.63) is 42.6 Å². The predicted molar refractivity (Wildman–Crippen MR) is 60.3 cm³/mol. The van der Waals surface area contributed by atoms with Gasteiger partial charge in [-0.3, -0.25) is 0 Å². The summed E-state index contributed by atoms with van der Waals surface area (Å²) in [4.78, 5) is 5.52. The maximum Gasteiger partial charge on any atom is 0.210 e. The van der Waals surface area contributed by atoms with Gasteiger partial charge in [0.1, 0.15) is 9.92 Å². The van der Waals surface area contributed by atoms with Crippen LogP contribution in [0.3, 0.4) is 0 Å². The number of hydrogen-bond acceptors (Lipinski definition) is 4. The van der Waals surface area contributed by atoms with Gasteiger partial charge in [0.05, 0.1) is 4.90 Å². The summed E-state index contributed by atoms with van der Waals surface area (Å²) in [6.45, 7) is 0. The van der Waals surface area contributed by atoms with Gasteiger partial charge in [-0.05, 0) is 24.3 Å². The first kappa shape index (κ1) is 9.86. The lowest BCUT2D eigenvalue weighted by Crippen LogP contribution is -2.09. The highest BCUT2D eigenvalue weighted by Gasteiger charge is 2.30. The van der Waals surface area contributed by atoms with Crippen molar-refractivity contribution in [2.24, 2.45) is 0 Å². The molecule has 0 bridgehead atoms. The second kappa shape index (κ2) is 3.33. The van der Waals surface area contributed by atoms with Crippen LogP contribution in [0.2, 0.25) is 0 Å². The highest BCUT2D eigenvalue weighted by Crippen LogP contribution is 2.42. The molecule has 1 aliphatic rings. The highest BCUT2D eigenvalue weighted by molar-refractivity contribution is 8.02. The molecule has 0 atom stereocenters. The Balaban J connectivity index is 2.37.